The van der Waals surface area contributed by atoms with Gasteiger partial charge in [-0.05, 0) is 18.2 Å². The smallest absolute Gasteiger partial charge is 0.255 e. The number of nitrogens with one attached hydrogen (secondary N) is 1. The Morgan fingerprint density at radius 1 is 1.32 bits per heavy atom. The van der Waals surface area contributed by atoms with Crippen LogP contribution in [-0.4, -0.2) is 40.8 Å². The van der Waals surface area contributed by atoms with Gasteiger partial charge in [0.1, 0.15) is 11.5 Å². The molecular formula is C11H16N2O5S. The number of benzene rings is 1. The van der Waals surface area contributed by atoms with Gasteiger partial charge in [-0.1, -0.05) is 0 Å². The van der Waals surface area contributed by atoms with Crippen LogP contribution in [0.15, 0.2) is 18.2 Å². The molecule has 0 bridgehead atoms. The van der Waals surface area contributed by atoms with Gasteiger partial charge in [-0.25, -0.2) is 13.6 Å². The summed E-state index contributed by atoms with van der Waals surface area (Å²) in [4.78, 5) is 11.9. The number of methoxy groups -OCH3 is 2. The van der Waals surface area contributed by atoms with Crippen LogP contribution in [0.3, 0.4) is 0 Å². The zero-order valence-corrected chi connectivity index (χ0v) is 11.5. The third kappa shape index (κ3) is 4.76. The maximum atomic E-state index is 11.9. The summed E-state index contributed by atoms with van der Waals surface area (Å²) in [6, 6.07) is 4.75. The molecule has 0 aliphatic heterocycles. The molecule has 0 fully saturated rings. The largest absolute Gasteiger partial charge is 0.497 e. The highest BCUT2D eigenvalue weighted by Crippen LogP contribution is 2.23. The number of ether oxygens (including phenoxy) is 2. The van der Waals surface area contributed by atoms with Gasteiger partial charge in [0.2, 0.25) is 10.0 Å². The molecule has 0 atom stereocenters. The second-order valence-electron chi connectivity index (χ2n) is 3.69. The lowest BCUT2D eigenvalue weighted by atomic mass is 10.1. The van der Waals surface area contributed by atoms with Crippen molar-refractivity contribution in [2.45, 2.75) is 0 Å². The van der Waals surface area contributed by atoms with E-state index in [1.54, 1.807) is 12.1 Å². The van der Waals surface area contributed by atoms with Gasteiger partial charge in [-0.3, -0.25) is 4.79 Å². The summed E-state index contributed by atoms with van der Waals surface area (Å²) in [6.45, 7) is -0.0714. The molecule has 3 N–H and O–H groups in total. The zero-order valence-electron chi connectivity index (χ0n) is 10.7. The molecule has 1 rings (SSSR count). The molecule has 8 heteroatoms. The zero-order chi connectivity index (χ0) is 14.5. The van der Waals surface area contributed by atoms with Crippen LogP contribution >= 0.6 is 0 Å². The molecule has 0 unspecified atom stereocenters. The fourth-order valence-electron chi connectivity index (χ4n) is 1.39. The summed E-state index contributed by atoms with van der Waals surface area (Å²) < 4.78 is 31.6. The van der Waals surface area contributed by atoms with Crippen molar-refractivity contribution >= 4 is 15.9 Å². The van der Waals surface area contributed by atoms with Crippen LogP contribution in [0, 0.1) is 0 Å². The molecule has 0 aliphatic carbocycles. The maximum Gasteiger partial charge on any atom is 0.255 e. The molecule has 0 saturated heterocycles. The quantitative estimate of drug-likeness (QED) is 0.748. The minimum atomic E-state index is -3.60. The number of primary sulfonamides is 1. The Hall–Kier alpha value is -1.80. The molecule has 1 aromatic carbocycles. The highest BCUT2D eigenvalue weighted by atomic mass is 32.2. The van der Waals surface area contributed by atoms with Crippen LogP contribution in [0.5, 0.6) is 11.5 Å². The molecule has 19 heavy (non-hydrogen) atoms. The average molecular weight is 288 g/mol. The van der Waals surface area contributed by atoms with Crippen LogP contribution in [0.25, 0.3) is 0 Å². The van der Waals surface area contributed by atoms with E-state index in [9.17, 15) is 13.2 Å². The first-order chi connectivity index (χ1) is 8.87. The molecule has 0 radical (unpaired) electrons. The molecule has 1 amide bonds. The first-order valence-electron chi connectivity index (χ1n) is 5.38. The molecular weight excluding hydrogens is 272 g/mol. The Balaban J connectivity index is 2.80. The molecule has 106 valence electrons. The van der Waals surface area contributed by atoms with Gasteiger partial charge < -0.3 is 14.8 Å². The van der Waals surface area contributed by atoms with Crippen molar-refractivity contribution in [3.63, 3.8) is 0 Å². The molecule has 0 heterocycles. The highest BCUT2D eigenvalue weighted by molar-refractivity contribution is 7.89. The third-order valence-electron chi connectivity index (χ3n) is 2.32. The normalized spacial score (nSPS) is 10.9. The third-order valence-corrected chi connectivity index (χ3v) is 3.10. The van der Waals surface area contributed by atoms with E-state index >= 15 is 0 Å². The van der Waals surface area contributed by atoms with E-state index in [1.165, 1.54) is 20.3 Å². The van der Waals surface area contributed by atoms with Gasteiger partial charge in [-0.2, -0.15) is 0 Å². The first-order valence-corrected chi connectivity index (χ1v) is 7.09. The lowest BCUT2D eigenvalue weighted by Gasteiger charge is -2.10. The van der Waals surface area contributed by atoms with Gasteiger partial charge in [0.25, 0.3) is 5.91 Å². The standard InChI is InChI=1S/C11H16N2O5S/c1-17-8-3-4-10(18-2)9(7-8)11(14)13-5-6-19(12,15)16/h3-4,7H,5-6H2,1-2H3,(H,13,14)(H2,12,15,16). The van der Waals surface area contributed by atoms with Gasteiger partial charge in [0.15, 0.2) is 0 Å². The Morgan fingerprint density at radius 3 is 2.53 bits per heavy atom. The summed E-state index contributed by atoms with van der Waals surface area (Å²) in [7, 11) is -0.691. The number of carbonyl (C=O) groups is 1. The summed E-state index contributed by atoms with van der Waals surface area (Å²) >= 11 is 0. The van der Waals surface area contributed by atoms with E-state index in [2.05, 4.69) is 5.32 Å². The van der Waals surface area contributed by atoms with E-state index in [-0.39, 0.29) is 17.9 Å². The molecule has 1 aromatic rings. The van der Waals surface area contributed by atoms with Crippen molar-refractivity contribution in [2.24, 2.45) is 5.14 Å². The second-order valence-corrected chi connectivity index (χ2v) is 5.42. The van der Waals surface area contributed by atoms with E-state index in [4.69, 9.17) is 14.6 Å². The van der Waals surface area contributed by atoms with Gasteiger partial charge in [0.05, 0.1) is 25.5 Å². The summed E-state index contributed by atoms with van der Waals surface area (Å²) in [6.07, 6.45) is 0. The van der Waals surface area contributed by atoms with E-state index < -0.39 is 15.9 Å². The summed E-state index contributed by atoms with van der Waals surface area (Å²) in [5, 5.41) is 7.29. The highest BCUT2D eigenvalue weighted by Gasteiger charge is 2.14. The molecule has 7 nitrogen and oxygen atoms in total. The number of hydrogen-bond donors (Lipinski definition) is 2. The first kappa shape index (κ1) is 15.3. The average Bonchev–Trinajstić information content (AvgIpc) is 2.36. The number of rotatable bonds is 6. The van der Waals surface area contributed by atoms with Crippen LogP contribution in [0.2, 0.25) is 0 Å². The molecule has 0 aliphatic rings. The minimum Gasteiger partial charge on any atom is -0.497 e. The Kier molecular flexibility index (Phi) is 5.13. The lowest BCUT2D eigenvalue weighted by Crippen LogP contribution is -2.31. The van der Waals surface area contributed by atoms with Crippen molar-refractivity contribution < 1.29 is 22.7 Å². The van der Waals surface area contributed by atoms with E-state index in [0.29, 0.717) is 11.5 Å². The van der Waals surface area contributed by atoms with Gasteiger partial charge in [0, 0.05) is 6.54 Å². The number of carbonyl (C=O) groups excluding carboxylic acids is 1. The SMILES string of the molecule is COc1ccc(OC)c(C(=O)NCCS(N)(=O)=O)c1. The van der Waals surface area contributed by atoms with Crippen molar-refractivity contribution in [1.29, 1.82) is 0 Å². The fourth-order valence-corrected chi connectivity index (χ4v) is 1.78. The van der Waals surface area contributed by atoms with Crippen LogP contribution in [0.1, 0.15) is 10.4 Å². The van der Waals surface area contributed by atoms with Gasteiger partial charge in [-0.15, -0.1) is 0 Å². The van der Waals surface area contributed by atoms with Crippen LogP contribution < -0.4 is 19.9 Å². The van der Waals surface area contributed by atoms with E-state index in [1.807, 2.05) is 0 Å². The molecule has 0 spiro atoms. The predicted octanol–water partition coefficient (Wildman–Crippen LogP) is -0.278. The summed E-state index contributed by atoms with van der Waals surface area (Å²) in [5.74, 6) is 0.0797. The lowest BCUT2D eigenvalue weighted by molar-refractivity contribution is 0.0952. The monoisotopic (exact) mass is 288 g/mol. The Bertz CT molecular complexity index is 556. The maximum absolute atomic E-state index is 11.9. The number of nitrogens with two attached hydrogens (primary N) is 1. The fraction of sp³-hybridized carbons (Fsp3) is 0.364. The Morgan fingerprint density at radius 2 is 2.00 bits per heavy atom. The molecule has 0 saturated carbocycles. The van der Waals surface area contributed by atoms with Crippen molar-refractivity contribution in [1.82, 2.24) is 5.32 Å². The number of sulfonamides is 1. The summed E-state index contributed by atoms with van der Waals surface area (Å²) in [5.41, 5.74) is 0.260. The van der Waals surface area contributed by atoms with Crippen molar-refractivity contribution in [3.05, 3.63) is 23.8 Å². The minimum absolute atomic E-state index is 0.0714. The van der Waals surface area contributed by atoms with Gasteiger partial charge >= 0.3 is 0 Å². The van der Waals surface area contributed by atoms with E-state index in [0.717, 1.165) is 0 Å². The van der Waals surface area contributed by atoms with Crippen LogP contribution in [-0.2, 0) is 10.0 Å². The Labute approximate surface area is 111 Å². The van der Waals surface area contributed by atoms with Crippen LogP contribution in [0.4, 0.5) is 0 Å². The molecule has 0 aromatic heterocycles. The predicted molar refractivity (Wildman–Crippen MR) is 69.9 cm³/mol. The number of amides is 1. The van der Waals surface area contributed by atoms with Crippen molar-refractivity contribution in [3.8, 4) is 11.5 Å². The van der Waals surface area contributed by atoms with Crippen molar-refractivity contribution in [2.75, 3.05) is 26.5 Å². The second kappa shape index (κ2) is 6.39. The number of hydrogen-bond acceptors (Lipinski definition) is 5. The topological polar surface area (TPSA) is 108 Å².